The second kappa shape index (κ2) is 4.98. The van der Waals surface area contributed by atoms with E-state index in [4.69, 9.17) is 0 Å². The van der Waals surface area contributed by atoms with Crippen LogP contribution in [-0.4, -0.2) is 16.4 Å². The molecule has 110 valence electrons. The molecule has 1 N–H and O–H groups in total. The lowest BCUT2D eigenvalue weighted by atomic mass is 10.0. The Balaban J connectivity index is 2.07. The summed E-state index contributed by atoms with van der Waals surface area (Å²) in [6.45, 7) is 0. The van der Waals surface area contributed by atoms with Gasteiger partial charge in [-0.1, -0.05) is 30.3 Å². The van der Waals surface area contributed by atoms with E-state index in [0.717, 1.165) is 11.1 Å². The van der Waals surface area contributed by atoms with Gasteiger partial charge in [-0.15, -0.1) is 0 Å². The highest BCUT2D eigenvalue weighted by Crippen LogP contribution is 2.40. The van der Waals surface area contributed by atoms with E-state index in [1.165, 1.54) is 18.4 Å². The molecule has 4 heteroatoms. The number of hydrogen-bond donors (Lipinski definition) is 1. The molecule has 1 aliphatic carbocycles. The van der Waals surface area contributed by atoms with Crippen LogP contribution in [0, 0.1) is 0 Å². The fourth-order valence-corrected chi connectivity index (χ4v) is 2.93. The van der Waals surface area contributed by atoms with Crippen molar-refractivity contribution in [1.82, 2.24) is 9.38 Å². The molecule has 0 atom stereocenters. The Hall–Kier alpha value is -2.62. The number of anilines is 1. The third-order valence-electron chi connectivity index (χ3n) is 4.22. The fourth-order valence-electron chi connectivity index (χ4n) is 2.93. The number of hydrogen-bond acceptors (Lipinski definition) is 3. The lowest BCUT2D eigenvalue weighted by molar-refractivity contribution is 1.03. The van der Waals surface area contributed by atoms with E-state index >= 15 is 0 Å². The Kier molecular flexibility index (Phi) is 2.96. The topological polar surface area (TPSA) is 46.4 Å². The molecule has 3 aromatic rings. The number of rotatable bonds is 3. The van der Waals surface area contributed by atoms with Crippen LogP contribution in [0.2, 0.25) is 0 Å². The van der Waals surface area contributed by atoms with Crippen molar-refractivity contribution in [3.05, 3.63) is 64.6 Å². The van der Waals surface area contributed by atoms with Crippen molar-refractivity contribution in [3.8, 4) is 11.1 Å². The first-order valence-electron chi connectivity index (χ1n) is 7.57. The van der Waals surface area contributed by atoms with Gasteiger partial charge < -0.3 is 5.32 Å². The smallest absolute Gasteiger partial charge is 0.282 e. The van der Waals surface area contributed by atoms with Crippen molar-refractivity contribution in [3.63, 3.8) is 0 Å². The maximum Gasteiger partial charge on any atom is 0.282 e. The number of aromatic nitrogens is 2. The molecule has 0 saturated heterocycles. The van der Waals surface area contributed by atoms with Gasteiger partial charge in [-0.05, 0) is 42.0 Å². The monoisotopic (exact) mass is 291 g/mol. The zero-order chi connectivity index (χ0) is 15.1. The lowest BCUT2D eigenvalue weighted by Crippen LogP contribution is -2.16. The van der Waals surface area contributed by atoms with Gasteiger partial charge in [0.15, 0.2) is 0 Å². The number of pyridine rings is 1. The lowest BCUT2D eigenvalue weighted by Gasteiger charge is -2.13. The Morgan fingerprint density at radius 1 is 1.18 bits per heavy atom. The minimum absolute atomic E-state index is 0.191. The van der Waals surface area contributed by atoms with Gasteiger partial charge in [-0.25, -0.2) is 0 Å². The molecular weight excluding hydrogens is 274 g/mol. The van der Waals surface area contributed by atoms with Crippen LogP contribution in [0.15, 0.2) is 53.5 Å². The molecule has 1 aromatic carbocycles. The van der Waals surface area contributed by atoms with Crippen molar-refractivity contribution in [2.75, 3.05) is 12.4 Å². The molecule has 0 bridgehead atoms. The van der Waals surface area contributed by atoms with E-state index in [9.17, 15) is 4.79 Å². The van der Waals surface area contributed by atoms with E-state index in [2.05, 4.69) is 22.4 Å². The van der Waals surface area contributed by atoms with Crippen LogP contribution in [-0.2, 0) is 0 Å². The molecule has 1 fully saturated rings. The molecule has 0 unspecified atom stereocenters. The van der Waals surface area contributed by atoms with E-state index in [1.54, 1.807) is 7.05 Å². The zero-order valence-electron chi connectivity index (χ0n) is 12.4. The molecular formula is C18H17N3O. The Labute approximate surface area is 128 Å². The fraction of sp³-hybridized carbons (Fsp3) is 0.222. The first kappa shape index (κ1) is 13.1. The molecule has 2 heterocycles. The van der Waals surface area contributed by atoms with Crippen molar-refractivity contribution >= 4 is 11.5 Å². The van der Waals surface area contributed by atoms with E-state index in [-0.39, 0.29) is 5.56 Å². The molecule has 2 aromatic heterocycles. The first-order valence-corrected chi connectivity index (χ1v) is 7.57. The Bertz CT molecular complexity index is 895. The Morgan fingerprint density at radius 2 is 1.95 bits per heavy atom. The van der Waals surface area contributed by atoms with Gasteiger partial charge in [0.25, 0.3) is 5.56 Å². The third kappa shape index (κ3) is 2.08. The number of fused-ring (bicyclic) bond motifs is 1. The number of benzene rings is 1. The van der Waals surface area contributed by atoms with Gasteiger partial charge in [0, 0.05) is 13.2 Å². The van der Waals surface area contributed by atoms with E-state index in [1.807, 2.05) is 40.9 Å². The van der Waals surface area contributed by atoms with Gasteiger partial charge in [0.2, 0.25) is 5.95 Å². The predicted octanol–water partition coefficient (Wildman–Crippen LogP) is 3.28. The van der Waals surface area contributed by atoms with Gasteiger partial charge >= 0.3 is 0 Å². The number of nitrogens with one attached hydrogen (secondary N) is 1. The minimum Gasteiger partial charge on any atom is -0.358 e. The van der Waals surface area contributed by atoms with Gasteiger partial charge in [-0.2, -0.15) is 4.98 Å². The van der Waals surface area contributed by atoms with Crippen molar-refractivity contribution in [1.29, 1.82) is 0 Å². The second-order valence-electron chi connectivity index (χ2n) is 5.72. The summed E-state index contributed by atoms with van der Waals surface area (Å²) in [5, 5.41) is 3.01. The van der Waals surface area contributed by atoms with E-state index in [0.29, 0.717) is 17.4 Å². The van der Waals surface area contributed by atoms with Crippen LogP contribution in [0.1, 0.15) is 24.3 Å². The van der Waals surface area contributed by atoms with Crippen LogP contribution in [0.5, 0.6) is 0 Å². The van der Waals surface area contributed by atoms with Crippen LogP contribution in [0.4, 0.5) is 5.95 Å². The van der Waals surface area contributed by atoms with Gasteiger partial charge in [-0.3, -0.25) is 9.20 Å². The quantitative estimate of drug-likeness (QED) is 0.805. The summed E-state index contributed by atoms with van der Waals surface area (Å²) in [7, 11) is 1.78. The highest BCUT2D eigenvalue weighted by atomic mass is 16.1. The highest BCUT2D eigenvalue weighted by molar-refractivity contribution is 5.81. The van der Waals surface area contributed by atoms with Crippen LogP contribution in [0.3, 0.4) is 0 Å². The van der Waals surface area contributed by atoms with Crippen molar-refractivity contribution in [2.24, 2.45) is 0 Å². The summed E-state index contributed by atoms with van der Waals surface area (Å²) in [6, 6.07) is 14.0. The molecule has 0 aliphatic heterocycles. The minimum atomic E-state index is -0.191. The average molecular weight is 291 g/mol. The van der Waals surface area contributed by atoms with Gasteiger partial charge in [0.05, 0.1) is 11.1 Å². The second-order valence-corrected chi connectivity index (χ2v) is 5.72. The summed E-state index contributed by atoms with van der Waals surface area (Å²) in [6.07, 6.45) is 4.49. The van der Waals surface area contributed by atoms with Crippen LogP contribution < -0.4 is 10.9 Å². The zero-order valence-corrected chi connectivity index (χ0v) is 12.4. The summed E-state index contributed by atoms with van der Waals surface area (Å²) in [5.41, 5.74) is 3.61. The molecule has 0 spiro atoms. The highest BCUT2D eigenvalue weighted by Gasteiger charge is 2.24. The predicted molar refractivity (Wildman–Crippen MR) is 88.4 cm³/mol. The molecule has 0 radical (unpaired) electrons. The van der Waals surface area contributed by atoms with Crippen molar-refractivity contribution in [2.45, 2.75) is 18.8 Å². The maximum atomic E-state index is 12.5. The number of nitrogens with zero attached hydrogens (tertiary/aromatic N) is 2. The molecule has 4 nitrogen and oxygen atoms in total. The molecule has 1 saturated carbocycles. The summed E-state index contributed by atoms with van der Waals surface area (Å²) in [5.74, 6) is 1.22. The van der Waals surface area contributed by atoms with E-state index < -0.39 is 0 Å². The summed E-state index contributed by atoms with van der Waals surface area (Å²) >= 11 is 0. The van der Waals surface area contributed by atoms with Gasteiger partial charge in [0.1, 0.15) is 0 Å². The molecule has 0 amide bonds. The SMILES string of the molecule is CNc1nc(=O)c(-c2ccccc2)c2cc(C3CC3)ccn12. The van der Waals surface area contributed by atoms with Crippen LogP contribution >= 0.6 is 0 Å². The molecule has 1 aliphatic rings. The largest absolute Gasteiger partial charge is 0.358 e. The summed E-state index contributed by atoms with van der Waals surface area (Å²) in [4.78, 5) is 16.7. The molecule has 22 heavy (non-hydrogen) atoms. The Morgan fingerprint density at radius 3 is 2.64 bits per heavy atom. The standard InChI is InChI=1S/C18H17N3O/c1-19-18-20-17(22)16(13-5-3-2-4-6-13)15-11-14(12-7-8-12)9-10-21(15)18/h2-6,9-12H,7-8H2,1H3,(H,19,20,22). The van der Waals surface area contributed by atoms with Crippen LogP contribution in [0.25, 0.3) is 16.6 Å². The molecule has 4 rings (SSSR count). The average Bonchev–Trinajstić information content (AvgIpc) is 3.39. The van der Waals surface area contributed by atoms with Crippen molar-refractivity contribution < 1.29 is 0 Å². The summed E-state index contributed by atoms with van der Waals surface area (Å²) < 4.78 is 1.95. The first-order chi connectivity index (χ1) is 10.8. The normalized spacial score (nSPS) is 14.2. The third-order valence-corrected chi connectivity index (χ3v) is 4.22. The maximum absolute atomic E-state index is 12.5.